The first kappa shape index (κ1) is 17.2. The van der Waals surface area contributed by atoms with Crippen LogP contribution < -0.4 is 11.1 Å². The number of thiazole rings is 1. The number of nitrogens with one attached hydrogen (secondary N) is 1. The first-order valence-corrected chi connectivity index (χ1v) is 8.15. The molecule has 7 nitrogen and oxygen atoms in total. The Morgan fingerprint density at radius 1 is 1.32 bits per heavy atom. The lowest BCUT2D eigenvalue weighted by molar-refractivity contribution is -0.134. The summed E-state index contributed by atoms with van der Waals surface area (Å²) in [6.45, 7) is -0.0236. The van der Waals surface area contributed by atoms with Crippen LogP contribution in [0.3, 0.4) is 0 Å². The maximum atomic E-state index is 13.2. The van der Waals surface area contributed by atoms with Crippen LogP contribution in [0.4, 0.5) is 19.6 Å². The van der Waals surface area contributed by atoms with Crippen molar-refractivity contribution in [3.05, 3.63) is 40.9 Å². The SMILES string of the molecule is NC(=O)C1(O)CCN(C(=O)c2csc(Nc3cc(F)cc(F)c3)n2)C1. The van der Waals surface area contributed by atoms with Gasteiger partial charge in [0.2, 0.25) is 0 Å². The number of amides is 2. The monoisotopic (exact) mass is 368 g/mol. The largest absolute Gasteiger partial charge is 0.378 e. The lowest BCUT2D eigenvalue weighted by Crippen LogP contribution is -2.46. The predicted octanol–water partition coefficient (Wildman–Crippen LogP) is 1.23. The van der Waals surface area contributed by atoms with Crippen LogP contribution >= 0.6 is 11.3 Å². The maximum Gasteiger partial charge on any atom is 0.273 e. The van der Waals surface area contributed by atoms with E-state index in [4.69, 9.17) is 5.73 Å². The molecule has 1 aliphatic heterocycles. The van der Waals surface area contributed by atoms with Gasteiger partial charge >= 0.3 is 0 Å². The molecule has 0 radical (unpaired) electrons. The highest BCUT2D eigenvalue weighted by Gasteiger charge is 2.43. The topological polar surface area (TPSA) is 109 Å². The van der Waals surface area contributed by atoms with Gasteiger partial charge in [0, 0.05) is 30.1 Å². The summed E-state index contributed by atoms with van der Waals surface area (Å²) in [7, 11) is 0. The molecule has 3 rings (SSSR count). The van der Waals surface area contributed by atoms with E-state index < -0.39 is 29.0 Å². The van der Waals surface area contributed by atoms with Crippen molar-refractivity contribution in [2.75, 3.05) is 18.4 Å². The first-order chi connectivity index (χ1) is 11.8. The molecular weight excluding hydrogens is 354 g/mol. The Labute approximate surface area is 145 Å². The molecular formula is C15H14F2N4O3S. The van der Waals surface area contributed by atoms with Crippen LogP contribution in [0.25, 0.3) is 0 Å². The zero-order valence-corrected chi connectivity index (χ0v) is 13.6. The normalized spacial score (nSPS) is 19.9. The molecule has 10 heteroatoms. The van der Waals surface area contributed by atoms with Crippen LogP contribution in [0, 0.1) is 11.6 Å². The summed E-state index contributed by atoms with van der Waals surface area (Å²) in [6.07, 6.45) is 0.0614. The molecule has 2 aromatic rings. The number of hydrogen-bond donors (Lipinski definition) is 3. The van der Waals surface area contributed by atoms with Crippen molar-refractivity contribution in [2.45, 2.75) is 12.0 Å². The smallest absolute Gasteiger partial charge is 0.273 e. The van der Waals surface area contributed by atoms with Gasteiger partial charge in [0.25, 0.3) is 11.8 Å². The molecule has 2 amide bonds. The van der Waals surface area contributed by atoms with Crippen molar-refractivity contribution < 1.29 is 23.5 Å². The zero-order chi connectivity index (χ0) is 18.2. The molecule has 1 atom stereocenters. The number of aromatic nitrogens is 1. The van der Waals surface area contributed by atoms with E-state index in [0.29, 0.717) is 0 Å². The van der Waals surface area contributed by atoms with Gasteiger partial charge in [-0.2, -0.15) is 0 Å². The van der Waals surface area contributed by atoms with Gasteiger partial charge in [-0.05, 0) is 12.1 Å². The third kappa shape index (κ3) is 3.59. The molecule has 1 unspecified atom stereocenters. The van der Waals surface area contributed by atoms with Gasteiger partial charge in [0.1, 0.15) is 17.3 Å². The number of benzene rings is 1. The highest BCUT2D eigenvalue weighted by molar-refractivity contribution is 7.14. The third-order valence-corrected chi connectivity index (χ3v) is 4.59. The Bertz CT molecular complexity index is 824. The summed E-state index contributed by atoms with van der Waals surface area (Å²) >= 11 is 1.08. The predicted molar refractivity (Wildman–Crippen MR) is 86.4 cm³/mol. The lowest BCUT2D eigenvalue weighted by Gasteiger charge is -2.19. The Morgan fingerprint density at radius 2 is 2.00 bits per heavy atom. The number of carbonyl (C=O) groups excluding carboxylic acids is 2. The van der Waals surface area contributed by atoms with Gasteiger partial charge in [0.05, 0.1) is 6.54 Å². The molecule has 1 aromatic carbocycles. The number of carbonyl (C=O) groups is 2. The minimum Gasteiger partial charge on any atom is -0.378 e. The molecule has 0 saturated carbocycles. The second kappa shape index (κ2) is 6.37. The van der Waals surface area contributed by atoms with Crippen LogP contribution in [0.15, 0.2) is 23.6 Å². The number of nitrogens with two attached hydrogens (primary N) is 1. The van der Waals surface area contributed by atoms with Crippen molar-refractivity contribution in [1.29, 1.82) is 0 Å². The quantitative estimate of drug-likeness (QED) is 0.752. The average molecular weight is 368 g/mol. The summed E-state index contributed by atoms with van der Waals surface area (Å²) in [4.78, 5) is 29.0. The zero-order valence-electron chi connectivity index (χ0n) is 12.8. The van der Waals surface area contributed by atoms with E-state index in [9.17, 15) is 23.5 Å². The molecule has 1 aromatic heterocycles. The molecule has 0 spiro atoms. The Kier molecular flexibility index (Phi) is 4.39. The number of rotatable bonds is 4. The number of likely N-dealkylation sites (tertiary alicyclic amines) is 1. The molecule has 4 N–H and O–H groups in total. The van der Waals surface area contributed by atoms with Crippen LogP contribution in [0.1, 0.15) is 16.9 Å². The Hall–Kier alpha value is -2.59. The molecule has 0 aliphatic carbocycles. The minimum atomic E-state index is -1.73. The first-order valence-electron chi connectivity index (χ1n) is 7.27. The molecule has 1 fully saturated rings. The van der Waals surface area contributed by atoms with Gasteiger partial charge < -0.3 is 21.1 Å². The van der Waals surface area contributed by atoms with Crippen LogP contribution in [0.2, 0.25) is 0 Å². The average Bonchev–Trinajstić information content (AvgIpc) is 3.13. The lowest BCUT2D eigenvalue weighted by atomic mass is 10.0. The second-order valence-electron chi connectivity index (χ2n) is 5.69. The van der Waals surface area contributed by atoms with Crippen molar-refractivity contribution in [2.24, 2.45) is 5.73 Å². The van der Waals surface area contributed by atoms with Gasteiger partial charge in [-0.25, -0.2) is 13.8 Å². The van der Waals surface area contributed by atoms with Crippen LogP contribution in [-0.4, -0.2) is 45.5 Å². The minimum absolute atomic E-state index is 0.0614. The number of aliphatic hydroxyl groups is 1. The highest BCUT2D eigenvalue weighted by atomic mass is 32.1. The number of β-amino-alcohol motifs (C(OH)–C–C–N with tert-alkyl or cyclic N) is 1. The maximum absolute atomic E-state index is 13.2. The van der Waals surface area contributed by atoms with Crippen molar-refractivity contribution >= 4 is 34.0 Å². The fourth-order valence-electron chi connectivity index (χ4n) is 2.51. The van der Waals surface area contributed by atoms with Gasteiger partial charge in [-0.3, -0.25) is 9.59 Å². The standard InChI is InChI=1S/C15H14F2N4O3S/c16-8-3-9(17)5-10(4-8)19-14-20-11(6-25-14)12(22)21-2-1-15(24,7-21)13(18)23/h3-6,24H,1-2,7H2,(H2,18,23)(H,19,20). The molecule has 132 valence electrons. The number of halogens is 2. The van der Waals surface area contributed by atoms with E-state index in [0.717, 1.165) is 29.5 Å². The number of primary amides is 1. The van der Waals surface area contributed by atoms with E-state index in [1.165, 1.54) is 10.3 Å². The van der Waals surface area contributed by atoms with Gasteiger partial charge in [-0.15, -0.1) is 11.3 Å². The molecule has 1 saturated heterocycles. The van der Waals surface area contributed by atoms with E-state index >= 15 is 0 Å². The summed E-state index contributed by atoms with van der Waals surface area (Å²) in [5.74, 6) is -2.82. The number of nitrogens with zero attached hydrogens (tertiary/aromatic N) is 2. The fourth-order valence-corrected chi connectivity index (χ4v) is 3.21. The molecule has 2 heterocycles. The Morgan fingerprint density at radius 3 is 2.60 bits per heavy atom. The van der Waals surface area contributed by atoms with Gasteiger partial charge in [-0.1, -0.05) is 0 Å². The van der Waals surface area contributed by atoms with E-state index in [-0.39, 0.29) is 36.0 Å². The second-order valence-corrected chi connectivity index (χ2v) is 6.55. The summed E-state index contributed by atoms with van der Waals surface area (Å²) in [6, 6.07) is 2.94. The number of hydrogen-bond acceptors (Lipinski definition) is 6. The highest BCUT2D eigenvalue weighted by Crippen LogP contribution is 2.26. The third-order valence-electron chi connectivity index (χ3n) is 3.83. The van der Waals surface area contributed by atoms with Crippen molar-refractivity contribution in [3.8, 4) is 0 Å². The van der Waals surface area contributed by atoms with E-state index in [1.807, 2.05) is 0 Å². The van der Waals surface area contributed by atoms with Crippen molar-refractivity contribution in [3.63, 3.8) is 0 Å². The van der Waals surface area contributed by atoms with E-state index in [1.54, 1.807) is 0 Å². The van der Waals surface area contributed by atoms with Crippen molar-refractivity contribution in [1.82, 2.24) is 9.88 Å². The van der Waals surface area contributed by atoms with Crippen LogP contribution in [0.5, 0.6) is 0 Å². The van der Waals surface area contributed by atoms with Crippen LogP contribution in [-0.2, 0) is 4.79 Å². The summed E-state index contributed by atoms with van der Waals surface area (Å²) < 4.78 is 26.4. The Balaban J connectivity index is 1.71. The van der Waals surface area contributed by atoms with Gasteiger partial charge in [0.15, 0.2) is 10.7 Å². The fraction of sp³-hybridized carbons (Fsp3) is 0.267. The molecule has 1 aliphatic rings. The summed E-state index contributed by atoms with van der Waals surface area (Å²) in [5.41, 5.74) is 3.66. The molecule has 25 heavy (non-hydrogen) atoms. The number of anilines is 2. The van der Waals surface area contributed by atoms with E-state index in [2.05, 4.69) is 10.3 Å². The summed E-state index contributed by atoms with van der Waals surface area (Å²) in [5, 5.41) is 14.5. The molecule has 0 bridgehead atoms.